The van der Waals surface area contributed by atoms with Crippen LogP contribution >= 0.6 is 23.1 Å². The van der Waals surface area contributed by atoms with Gasteiger partial charge in [0, 0.05) is 27.6 Å². The molecule has 28 heavy (non-hydrogen) atoms. The highest BCUT2D eigenvalue weighted by atomic mass is 32.2. The average molecular weight is 416 g/mol. The normalized spacial score (nSPS) is 20.9. The molecule has 1 aromatic carbocycles. The third-order valence-electron chi connectivity index (χ3n) is 5.07. The quantitative estimate of drug-likeness (QED) is 0.432. The molecule has 1 aliphatic carbocycles. The highest BCUT2D eigenvalue weighted by Crippen LogP contribution is 2.41. The van der Waals surface area contributed by atoms with Crippen LogP contribution in [0.1, 0.15) is 23.3 Å². The molecule has 0 bridgehead atoms. The van der Waals surface area contributed by atoms with Crippen molar-refractivity contribution in [2.45, 2.75) is 29.7 Å². The zero-order chi connectivity index (χ0) is 19.6. The van der Waals surface area contributed by atoms with Crippen molar-refractivity contribution in [3.63, 3.8) is 0 Å². The van der Waals surface area contributed by atoms with Crippen molar-refractivity contribution < 1.29 is 14.4 Å². The number of nitrogens with one attached hydrogen (secondary N) is 2. The van der Waals surface area contributed by atoms with Gasteiger partial charge in [-0.25, -0.2) is 4.79 Å². The summed E-state index contributed by atoms with van der Waals surface area (Å²) in [6, 6.07) is 11.4. The molecule has 1 aliphatic heterocycles. The molecule has 1 aromatic heterocycles. The zero-order valence-electron chi connectivity index (χ0n) is 15.3. The molecule has 8 heteroatoms. The van der Waals surface area contributed by atoms with Gasteiger partial charge in [0.15, 0.2) is 0 Å². The van der Waals surface area contributed by atoms with Crippen molar-refractivity contribution in [3.8, 4) is 0 Å². The second-order valence-corrected chi connectivity index (χ2v) is 9.02. The number of thioether (sulfide) groups is 1. The Kier molecular flexibility index (Phi) is 5.41. The summed E-state index contributed by atoms with van der Waals surface area (Å²) in [7, 11) is 0. The number of imide groups is 1. The molecule has 2 heterocycles. The van der Waals surface area contributed by atoms with Crippen LogP contribution in [0.25, 0.3) is 0 Å². The van der Waals surface area contributed by atoms with Gasteiger partial charge >= 0.3 is 6.03 Å². The van der Waals surface area contributed by atoms with Crippen LogP contribution < -0.4 is 10.6 Å². The number of carbonyl (C=O) groups excluding carboxylic acids is 3. The number of hydrogen-bond acceptors (Lipinski definition) is 5. The first-order chi connectivity index (χ1) is 13.6. The van der Waals surface area contributed by atoms with Crippen LogP contribution in [0.4, 0.5) is 4.79 Å². The van der Waals surface area contributed by atoms with Crippen molar-refractivity contribution in [2.75, 3.05) is 18.8 Å². The van der Waals surface area contributed by atoms with Crippen molar-refractivity contribution in [1.82, 2.24) is 15.5 Å². The first-order valence-electron chi connectivity index (χ1n) is 9.26. The minimum absolute atomic E-state index is 0.248. The monoisotopic (exact) mass is 415 g/mol. The van der Waals surface area contributed by atoms with E-state index in [4.69, 9.17) is 0 Å². The average Bonchev–Trinajstić information content (AvgIpc) is 3.27. The number of rotatable bonds is 6. The van der Waals surface area contributed by atoms with Gasteiger partial charge < -0.3 is 10.6 Å². The van der Waals surface area contributed by atoms with Gasteiger partial charge in [-0.05, 0) is 42.8 Å². The van der Waals surface area contributed by atoms with Crippen molar-refractivity contribution in [1.29, 1.82) is 0 Å². The number of hydrogen-bond donors (Lipinski definition) is 2. The van der Waals surface area contributed by atoms with E-state index in [1.165, 1.54) is 0 Å². The van der Waals surface area contributed by atoms with Gasteiger partial charge in [-0.1, -0.05) is 18.2 Å². The molecule has 0 unspecified atom stereocenters. The lowest BCUT2D eigenvalue weighted by Gasteiger charge is -2.31. The fourth-order valence-corrected chi connectivity index (χ4v) is 5.55. The van der Waals surface area contributed by atoms with Gasteiger partial charge in [0.25, 0.3) is 5.91 Å². The Labute approximate surface area is 171 Å². The largest absolute Gasteiger partial charge is 0.354 e. The molecule has 0 radical (unpaired) electrons. The van der Waals surface area contributed by atoms with Crippen LogP contribution in [-0.2, 0) is 21.5 Å². The summed E-state index contributed by atoms with van der Waals surface area (Å²) in [4.78, 5) is 41.1. The van der Waals surface area contributed by atoms with E-state index in [0.29, 0.717) is 13.0 Å². The Morgan fingerprint density at radius 1 is 1.25 bits per heavy atom. The van der Waals surface area contributed by atoms with E-state index < -0.39 is 11.6 Å². The highest BCUT2D eigenvalue weighted by Gasteiger charge is 2.54. The summed E-state index contributed by atoms with van der Waals surface area (Å²) in [5.74, 6) is 0.0826. The van der Waals surface area contributed by atoms with E-state index in [0.717, 1.165) is 38.8 Å². The fraction of sp³-hybridized carbons (Fsp3) is 0.350. The number of thiophene rings is 1. The SMILES string of the molecule is O=C(CN1C(=O)N[C@]2(CCCc3sccc32)C1=O)NCCSc1ccccc1. The second kappa shape index (κ2) is 7.97. The summed E-state index contributed by atoms with van der Waals surface area (Å²) >= 11 is 3.26. The van der Waals surface area contributed by atoms with Gasteiger partial charge in [-0.3, -0.25) is 14.5 Å². The molecule has 4 rings (SSSR count). The lowest BCUT2D eigenvalue weighted by Crippen LogP contribution is -2.47. The predicted octanol–water partition coefficient (Wildman–Crippen LogP) is 2.74. The molecule has 0 saturated carbocycles. The fourth-order valence-electron chi connectivity index (χ4n) is 3.76. The number of benzene rings is 1. The molecule has 6 nitrogen and oxygen atoms in total. The maximum absolute atomic E-state index is 13.1. The van der Waals surface area contributed by atoms with Crippen molar-refractivity contribution in [3.05, 3.63) is 52.2 Å². The van der Waals surface area contributed by atoms with Crippen LogP contribution in [0.2, 0.25) is 0 Å². The minimum Gasteiger partial charge on any atom is -0.354 e. The molecule has 146 valence electrons. The molecule has 1 saturated heterocycles. The number of amides is 4. The van der Waals surface area contributed by atoms with Gasteiger partial charge in [0.1, 0.15) is 12.1 Å². The maximum atomic E-state index is 13.1. The molecule has 2 aromatic rings. The molecule has 4 amide bonds. The third-order valence-corrected chi connectivity index (χ3v) is 7.07. The summed E-state index contributed by atoms with van der Waals surface area (Å²) in [6.45, 7) is 0.226. The van der Waals surface area contributed by atoms with E-state index in [9.17, 15) is 14.4 Å². The number of fused-ring (bicyclic) bond motifs is 2. The number of urea groups is 1. The summed E-state index contributed by atoms with van der Waals surface area (Å²) < 4.78 is 0. The Balaban J connectivity index is 1.33. The molecule has 2 N–H and O–H groups in total. The second-order valence-electron chi connectivity index (χ2n) is 6.85. The Morgan fingerprint density at radius 2 is 2.07 bits per heavy atom. The Hall–Kier alpha value is -2.32. The van der Waals surface area contributed by atoms with Crippen molar-refractivity contribution >= 4 is 40.9 Å². The molecule has 1 spiro atoms. The predicted molar refractivity (Wildman–Crippen MR) is 109 cm³/mol. The number of carbonyl (C=O) groups is 3. The first-order valence-corrected chi connectivity index (χ1v) is 11.1. The molecular weight excluding hydrogens is 394 g/mol. The molecular formula is C20H21N3O3S2. The lowest BCUT2D eigenvalue weighted by atomic mass is 9.80. The van der Waals surface area contributed by atoms with E-state index in [1.54, 1.807) is 23.1 Å². The zero-order valence-corrected chi connectivity index (χ0v) is 16.9. The van der Waals surface area contributed by atoms with E-state index in [-0.39, 0.29) is 18.4 Å². The minimum atomic E-state index is -0.992. The highest BCUT2D eigenvalue weighted by molar-refractivity contribution is 7.99. The van der Waals surface area contributed by atoms with Crippen molar-refractivity contribution in [2.24, 2.45) is 0 Å². The lowest BCUT2D eigenvalue weighted by molar-refractivity contribution is -0.135. The molecule has 1 fully saturated rings. The van der Waals surface area contributed by atoms with Crippen LogP contribution in [0.3, 0.4) is 0 Å². The van der Waals surface area contributed by atoms with E-state index >= 15 is 0 Å². The maximum Gasteiger partial charge on any atom is 0.325 e. The first kappa shape index (κ1) is 19.0. The van der Waals surface area contributed by atoms with Gasteiger partial charge in [-0.15, -0.1) is 23.1 Å². The van der Waals surface area contributed by atoms with Crippen LogP contribution in [0, 0.1) is 0 Å². The summed E-state index contributed by atoms with van der Waals surface area (Å²) in [5, 5.41) is 7.62. The number of nitrogens with zero attached hydrogens (tertiary/aromatic N) is 1. The van der Waals surface area contributed by atoms with Gasteiger partial charge in [-0.2, -0.15) is 0 Å². The topological polar surface area (TPSA) is 78.5 Å². The van der Waals surface area contributed by atoms with Gasteiger partial charge in [0.2, 0.25) is 5.91 Å². The molecule has 2 aliphatic rings. The van der Waals surface area contributed by atoms with Crippen LogP contribution in [0.5, 0.6) is 0 Å². The summed E-state index contributed by atoms with van der Waals surface area (Å²) in [5.41, 5.74) is -0.0991. The Morgan fingerprint density at radius 3 is 2.89 bits per heavy atom. The van der Waals surface area contributed by atoms with Crippen LogP contribution in [-0.4, -0.2) is 41.6 Å². The standard InChI is InChI=1S/C20H21N3O3S2/c24-17(21-10-12-27-14-5-2-1-3-6-14)13-23-18(25)20(22-19(23)26)9-4-7-16-15(20)8-11-28-16/h1-3,5-6,8,11H,4,7,9-10,12-13H2,(H,21,24)(H,22,26)/t20-/m0/s1. The third kappa shape index (κ3) is 3.54. The van der Waals surface area contributed by atoms with Crippen LogP contribution in [0.15, 0.2) is 46.7 Å². The van der Waals surface area contributed by atoms with E-state index in [1.807, 2.05) is 41.8 Å². The smallest absolute Gasteiger partial charge is 0.325 e. The Bertz CT molecular complexity index is 899. The van der Waals surface area contributed by atoms with E-state index in [2.05, 4.69) is 10.6 Å². The summed E-state index contributed by atoms with van der Waals surface area (Å²) in [6.07, 6.45) is 2.35. The number of aryl methyl sites for hydroxylation is 1. The molecule has 1 atom stereocenters. The van der Waals surface area contributed by atoms with Gasteiger partial charge in [0.05, 0.1) is 0 Å².